The molecule has 1 aliphatic carbocycles. The van der Waals surface area contributed by atoms with Crippen LogP contribution in [0.1, 0.15) is 41.4 Å². The summed E-state index contributed by atoms with van der Waals surface area (Å²) in [4.78, 5) is 12.5. The first-order valence-electron chi connectivity index (χ1n) is 9.90. The first-order valence-corrected chi connectivity index (χ1v) is 10.3. The van der Waals surface area contributed by atoms with E-state index in [0.29, 0.717) is 29.0 Å². The van der Waals surface area contributed by atoms with Gasteiger partial charge in [-0.15, -0.1) is 0 Å². The van der Waals surface area contributed by atoms with Gasteiger partial charge >= 0.3 is 0 Å². The molecular weight excluding hydrogens is 379 g/mol. The number of benzene rings is 1. The lowest BCUT2D eigenvalue weighted by Gasteiger charge is -2.48. The predicted molar refractivity (Wildman–Crippen MR) is 107 cm³/mol. The third kappa shape index (κ3) is 3.67. The third-order valence-electron chi connectivity index (χ3n) is 6.32. The molecule has 3 atom stereocenters. The zero-order valence-corrected chi connectivity index (χ0v) is 17.0. The molecular formula is C21H26ClFN4O. The molecule has 2 aliphatic rings. The Morgan fingerprint density at radius 2 is 2.25 bits per heavy atom. The lowest BCUT2D eigenvalue weighted by molar-refractivity contribution is -0.120. The molecule has 1 aliphatic heterocycles. The molecule has 1 aromatic heterocycles. The maximum absolute atomic E-state index is 13.1. The molecule has 1 aromatic carbocycles. The van der Waals surface area contributed by atoms with E-state index < -0.39 is 0 Å². The summed E-state index contributed by atoms with van der Waals surface area (Å²) in [6, 6.07) is 4.66. The maximum Gasteiger partial charge on any atom is 0.224 e. The van der Waals surface area contributed by atoms with Crippen molar-refractivity contribution < 1.29 is 9.18 Å². The van der Waals surface area contributed by atoms with Gasteiger partial charge < -0.3 is 10.6 Å². The van der Waals surface area contributed by atoms with E-state index in [1.165, 1.54) is 18.6 Å². The summed E-state index contributed by atoms with van der Waals surface area (Å²) >= 11 is 6.03. The molecule has 150 valence electrons. The van der Waals surface area contributed by atoms with Crippen molar-refractivity contribution in [2.45, 2.75) is 45.7 Å². The highest BCUT2D eigenvalue weighted by atomic mass is 35.5. The van der Waals surface area contributed by atoms with Crippen LogP contribution in [0.15, 0.2) is 18.2 Å². The van der Waals surface area contributed by atoms with Crippen LogP contribution in [0.2, 0.25) is 5.02 Å². The number of piperidine rings is 1. The van der Waals surface area contributed by atoms with Crippen LogP contribution >= 0.6 is 11.6 Å². The molecule has 0 bridgehead atoms. The van der Waals surface area contributed by atoms with Crippen molar-refractivity contribution in [2.75, 3.05) is 13.1 Å². The third-order valence-corrected chi connectivity index (χ3v) is 6.67. The van der Waals surface area contributed by atoms with Crippen molar-refractivity contribution in [2.24, 2.45) is 11.8 Å². The minimum absolute atomic E-state index is 0.0838. The Morgan fingerprint density at radius 3 is 3.00 bits per heavy atom. The monoisotopic (exact) mass is 404 g/mol. The molecule has 1 amide bonds. The largest absolute Gasteiger partial charge is 0.352 e. The van der Waals surface area contributed by atoms with Gasteiger partial charge in [0.05, 0.1) is 18.2 Å². The van der Waals surface area contributed by atoms with E-state index in [4.69, 9.17) is 16.7 Å². The van der Waals surface area contributed by atoms with Gasteiger partial charge in [-0.3, -0.25) is 9.48 Å². The summed E-state index contributed by atoms with van der Waals surface area (Å²) in [7, 11) is 0. The van der Waals surface area contributed by atoms with Gasteiger partial charge in [-0.05, 0) is 69.3 Å². The first-order chi connectivity index (χ1) is 13.4. The Bertz CT molecular complexity index is 897. The van der Waals surface area contributed by atoms with Crippen molar-refractivity contribution >= 4 is 17.5 Å². The number of halogens is 2. The fraction of sp³-hybridized carbons (Fsp3) is 0.524. The van der Waals surface area contributed by atoms with Gasteiger partial charge in [-0.1, -0.05) is 17.7 Å². The number of aryl methyl sites for hydroxylation is 1. The van der Waals surface area contributed by atoms with E-state index in [0.717, 1.165) is 42.4 Å². The van der Waals surface area contributed by atoms with Gasteiger partial charge in [-0.2, -0.15) is 5.10 Å². The van der Waals surface area contributed by atoms with Crippen LogP contribution in [0.5, 0.6) is 0 Å². The Labute approximate surface area is 169 Å². The van der Waals surface area contributed by atoms with Crippen LogP contribution in [-0.4, -0.2) is 28.8 Å². The van der Waals surface area contributed by atoms with Crippen LogP contribution in [-0.2, 0) is 17.8 Å². The first kappa shape index (κ1) is 19.4. The molecule has 7 heteroatoms. The highest BCUT2D eigenvalue weighted by Gasteiger charge is 2.44. The fourth-order valence-electron chi connectivity index (χ4n) is 4.64. The summed E-state index contributed by atoms with van der Waals surface area (Å²) in [6.45, 7) is 6.51. The molecule has 2 fully saturated rings. The Hall–Kier alpha value is -1.92. The van der Waals surface area contributed by atoms with Gasteiger partial charge in [0, 0.05) is 22.8 Å². The van der Waals surface area contributed by atoms with E-state index in [1.54, 1.807) is 6.07 Å². The summed E-state index contributed by atoms with van der Waals surface area (Å²) in [5, 5.41) is 11.4. The Morgan fingerprint density at radius 1 is 1.43 bits per heavy atom. The summed E-state index contributed by atoms with van der Waals surface area (Å²) < 4.78 is 15.3. The Kier molecular flexibility index (Phi) is 5.43. The number of fused-ring (bicyclic) bond motifs is 1. The zero-order chi connectivity index (χ0) is 19.8. The number of nitrogens with one attached hydrogen (secondary N) is 2. The second-order valence-electron chi connectivity index (χ2n) is 8.00. The number of amides is 1. The average Bonchev–Trinajstić information content (AvgIpc) is 2.90. The number of carbonyl (C=O) groups excluding carboxylic acids is 1. The van der Waals surface area contributed by atoms with Crippen molar-refractivity contribution in [3.63, 3.8) is 0 Å². The molecule has 2 N–H and O–H groups in total. The number of hydrogen-bond acceptors (Lipinski definition) is 3. The van der Waals surface area contributed by atoms with Crippen LogP contribution in [0.4, 0.5) is 4.39 Å². The van der Waals surface area contributed by atoms with Crippen molar-refractivity contribution in [1.29, 1.82) is 0 Å². The number of rotatable bonds is 5. The molecule has 1 saturated carbocycles. The van der Waals surface area contributed by atoms with E-state index in [2.05, 4.69) is 22.2 Å². The molecule has 28 heavy (non-hydrogen) atoms. The van der Waals surface area contributed by atoms with Gasteiger partial charge in [-0.25, -0.2) is 4.39 Å². The predicted octanol–water partition coefficient (Wildman–Crippen LogP) is 3.32. The van der Waals surface area contributed by atoms with Gasteiger partial charge in [0.2, 0.25) is 5.91 Å². The summed E-state index contributed by atoms with van der Waals surface area (Å²) in [5.74, 6) is 0.988. The van der Waals surface area contributed by atoms with Crippen molar-refractivity contribution in [3.8, 4) is 0 Å². The molecule has 2 heterocycles. The second-order valence-corrected chi connectivity index (χ2v) is 8.41. The smallest absolute Gasteiger partial charge is 0.224 e. The molecule has 0 radical (unpaired) electrons. The van der Waals surface area contributed by atoms with Gasteiger partial charge in [0.15, 0.2) is 0 Å². The standard InChI is InChI=1S/C21H26ClFN4O/c1-12-18(9-21(28)25-11-14-3-4-16(23)8-19(14)22)13(2)27(26-12)20-7-15-10-24-6-5-17(15)20/h3-4,8,15,17,20,24H,5-7,9-11H2,1-2H3,(H,25,28)/t15?,17-,20?/m1/s1. The minimum atomic E-state index is -0.384. The van der Waals surface area contributed by atoms with Crippen molar-refractivity contribution in [3.05, 3.63) is 51.6 Å². The van der Waals surface area contributed by atoms with Crippen molar-refractivity contribution in [1.82, 2.24) is 20.4 Å². The normalized spacial score (nSPS) is 23.8. The summed E-state index contributed by atoms with van der Waals surface area (Å²) in [5.41, 5.74) is 3.71. The quantitative estimate of drug-likeness (QED) is 0.803. The van der Waals surface area contributed by atoms with Gasteiger partial charge in [0.1, 0.15) is 5.82 Å². The van der Waals surface area contributed by atoms with E-state index in [9.17, 15) is 9.18 Å². The topological polar surface area (TPSA) is 59.0 Å². The SMILES string of the molecule is Cc1nn(C2CC3CNCC[C@H]32)c(C)c1CC(=O)NCc1ccc(F)cc1Cl. The van der Waals surface area contributed by atoms with Gasteiger partial charge in [0.25, 0.3) is 0 Å². The summed E-state index contributed by atoms with van der Waals surface area (Å²) in [6.07, 6.45) is 2.65. The Balaban J connectivity index is 1.40. The molecule has 1 saturated heterocycles. The number of aromatic nitrogens is 2. The molecule has 5 nitrogen and oxygen atoms in total. The lowest BCUT2D eigenvalue weighted by Crippen LogP contribution is -2.49. The second kappa shape index (κ2) is 7.84. The van der Waals surface area contributed by atoms with E-state index in [-0.39, 0.29) is 18.3 Å². The maximum atomic E-state index is 13.1. The zero-order valence-electron chi connectivity index (χ0n) is 16.3. The average molecular weight is 405 g/mol. The minimum Gasteiger partial charge on any atom is -0.352 e. The molecule has 4 rings (SSSR count). The van der Waals surface area contributed by atoms with E-state index in [1.807, 2.05) is 6.92 Å². The number of nitrogens with zero attached hydrogens (tertiary/aromatic N) is 2. The molecule has 2 unspecified atom stereocenters. The molecule has 0 spiro atoms. The highest BCUT2D eigenvalue weighted by Crippen LogP contribution is 2.47. The van der Waals surface area contributed by atoms with Crippen LogP contribution in [0.3, 0.4) is 0 Å². The van der Waals surface area contributed by atoms with Crippen LogP contribution < -0.4 is 10.6 Å². The van der Waals surface area contributed by atoms with Crippen LogP contribution in [0, 0.1) is 31.5 Å². The van der Waals surface area contributed by atoms with E-state index >= 15 is 0 Å². The van der Waals surface area contributed by atoms with Crippen LogP contribution in [0.25, 0.3) is 0 Å². The highest BCUT2D eigenvalue weighted by molar-refractivity contribution is 6.31. The number of hydrogen-bond donors (Lipinski definition) is 2. The fourth-order valence-corrected chi connectivity index (χ4v) is 4.87. The molecule has 2 aromatic rings. The number of carbonyl (C=O) groups is 1. The lowest BCUT2D eigenvalue weighted by atomic mass is 9.66.